The Hall–Kier alpha value is -5.34. The molecule has 2 heterocycles. The molecule has 0 N–H and O–H groups in total. The van der Waals surface area contributed by atoms with Gasteiger partial charge in [0, 0.05) is 32.7 Å². The third-order valence-electron chi connectivity index (χ3n) is 16.3. The average Bonchev–Trinajstić information content (AvgIpc) is 3.44. The van der Waals surface area contributed by atoms with Crippen LogP contribution in [0.15, 0.2) is 133 Å². The molecule has 2 aromatic heterocycles. The van der Waals surface area contributed by atoms with Crippen molar-refractivity contribution in [3.05, 3.63) is 145 Å². The molecule has 0 radical (unpaired) electrons. The number of fused-ring (bicyclic) bond motifs is 6. The highest BCUT2D eigenvalue weighted by Gasteiger charge is 2.18. The maximum absolute atomic E-state index is 5.46. The van der Waals surface area contributed by atoms with Crippen LogP contribution in [0.25, 0.3) is 77.0 Å². The van der Waals surface area contributed by atoms with Gasteiger partial charge in [0.05, 0.1) is 22.4 Å². The number of aryl methyl sites for hydroxylation is 2. The number of nitrogens with zero attached hydrogens (tertiary/aromatic N) is 2. The van der Waals surface area contributed by atoms with Gasteiger partial charge in [-0.2, -0.15) is 0 Å². The molecule has 73 heavy (non-hydrogen) atoms. The summed E-state index contributed by atoms with van der Waals surface area (Å²) in [7, 11) is 0. The Balaban J connectivity index is 0.984. The fourth-order valence-corrected chi connectivity index (χ4v) is 11.8. The minimum Gasteiger partial charge on any atom is -0.247 e. The van der Waals surface area contributed by atoms with Crippen LogP contribution in [0.4, 0.5) is 0 Å². The van der Waals surface area contributed by atoms with Crippen molar-refractivity contribution in [2.45, 2.75) is 207 Å². The lowest BCUT2D eigenvalue weighted by Gasteiger charge is -2.17. The van der Waals surface area contributed by atoms with Crippen molar-refractivity contribution in [2.24, 2.45) is 5.92 Å². The first kappa shape index (κ1) is 53.9. The van der Waals surface area contributed by atoms with Gasteiger partial charge < -0.3 is 0 Å². The van der Waals surface area contributed by atoms with Crippen molar-refractivity contribution < 1.29 is 0 Å². The number of pyridine rings is 2. The van der Waals surface area contributed by atoms with E-state index in [0.717, 1.165) is 45.7 Å². The van der Waals surface area contributed by atoms with Crippen molar-refractivity contribution in [1.29, 1.82) is 0 Å². The van der Waals surface area contributed by atoms with Gasteiger partial charge >= 0.3 is 0 Å². The SMILES string of the molecule is CCCCCCCCCCCCC(CCCCCCCCCC)CCc1ccc(-c2ccc3cc(-c4cc(-c5ccc(CCCCCCCC)cc5)nc5c4ccc4ccccc45)c4ccccc4c3n2)cc1. The second-order valence-corrected chi connectivity index (χ2v) is 22.0. The van der Waals surface area contributed by atoms with Gasteiger partial charge in [0.2, 0.25) is 0 Å². The zero-order valence-electron chi connectivity index (χ0n) is 45.7. The Labute approximate surface area is 442 Å². The zero-order chi connectivity index (χ0) is 50.3. The van der Waals surface area contributed by atoms with E-state index in [1.165, 1.54) is 235 Å². The van der Waals surface area contributed by atoms with Crippen LogP contribution < -0.4 is 0 Å². The Morgan fingerprint density at radius 2 is 0.781 bits per heavy atom. The molecule has 8 rings (SSSR count). The molecule has 0 bridgehead atoms. The van der Waals surface area contributed by atoms with E-state index < -0.39 is 0 Å². The van der Waals surface area contributed by atoms with Crippen LogP contribution in [0, 0.1) is 5.92 Å². The maximum atomic E-state index is 5.46. The smallest absolute Gasteiger partial charge is 0.0794 e. The van der Waals surface area contributed by atoms with Crippen LogP contribution in [0.5, 0.6) is 0 Å². The lowest BCUT2D eigenvalue weighted by Crippen LogP contribution is -2.03. The Morgan fingerprint density at radius 1 is 0.315 bits per heavy atom. The van der Waals surface area contributed by atoms with Gasteiger partial charge in [-0.25, -0.2) is 9.97 Å². The molecular weight excluding hydrogens is 881 g/mol. The summed E-state index contributed by atoms with van der Waals surface area (Å²) in [6.45, 7) is 6.92. The number of rotatable bonds is 33. The van der Waals surface area contributed by atoms with Crippen molar-refractivity contribution in [3.8, 4) is 33.6 Å². The normalized spacial score (nSPS) is 12.2. The number of hydrogen-bond acceptors (Lipinski definition) is 2. The van der Waals surface area contributed by atoms with Gasteiger partial charge in [-0.3, -0.25) is 0 Å². The topological polar surface area (TPSA) is 25.8 Å². The quantitative estimate of drug-likeness (QED) is 0.0303. The summed E-state index contributed by atoms with van der Waals surface area (Å²) in [4.78, 5) is 10.9. The molecule has 0 amide bonds. The highest BCUT2D eigenvalue weighted by Crippen LogP contribution is 2.41. The highest BCUT2D eigenvalue weighted by atomic mass is 14.7. The van der Waals surface area contributed by atoms with Gasteiger partial charge in [0.25, 0.3) is 0 Å². The number of aromatic nitrogens is 2. The van der Waals surface area contributed by atoms with Crippen molar-refractivity contribution >= 4 is 43.4 Å². The molecule has 1 unspecified atom stereocenters. The number of hydrogen-bond donors (Lipinski definition) is 0. The minimum atomic E-state index is 0.844. The first-order valence-electron chi connectivity index (χ1n) is 30.0. The molecule has 0 aliphatic rings. The van der Waals surface area contributed by atoms with Crippen LogP contribution in [-0.2, 0) is 12.8 Å². The lowest BCUT2D eigenvalue weighted by molar-refractivity contribution is 0.380. The molecule has 1 atom stereocenters. The molecule has 0 saturated heterocycles. The Bertz CT molecular complexity index is 2870. The molecule has 0 fully saturated rings. The molecule has 0 aliphatic heterocycles. The summed E-state index contributed by atoms with van der Waals surface area (Å²) in [5.41, 5.74) is 11.8. The summed E-state index contributed by atoms with van der Waals surface area (Å²) < 4.78 is 0. The van der Waals surface area contributed by atoms with E-state index in [2.05, 4.69) is 154 Å². The monoisotopic (exact) mass is 971 g/mol. The average molecular weight is 972 g/mol. The summed E-state index contributed by atoms with van der Waals surface area (Å²) in [5, 5.41) is 7.14. The molecule has 2 heteroatoms. The highest BCUT2D eigenvalue weighted by molar-refractivity contribution is 6.18. The molecule has 0 aliphatic carbocycles. The Kier molecular flexibility index (Phi) is 21.8. The van der Waals surface area contributed by atoms with E-state index >= 15 is 0 Å². The molecular formula is C71H90N2. The number of benzene rings is 6. The molecule has 6 aromatic carbocycles. The van der Waals surface area contributed by atoms with Crippen LogP contribution >= 0.6 is 0 Å². The molecule has 8 aromatic rings. The van der Waals surface area contributed by atoms with Gasteiger partial charge in [-0.1, -0.05) is 297 Å². The first-order chi connectivity index (χ1) is 36.1. The van der Waals surface area contributed by atoms with E-state index in [0.29, 0.717) is 0 Å². The van der Waals surface area contributed by atoms with Crippen LogP contribution in [-0.4, -0.2) is 9.97 Å². The fraction of sp³-hybridized carbons (Fsp3) is 0.465. The minimum absolute atomic E-state index is 0.844. The van der Waals surface area contributed by atoms with Gasteiger partial charge in [-0.05, 0) is 82.8 Å². The van der Waals surface area contributed by atoms with E-state index in [1.54, 1.807) is 0 Å². The maximum Gasteiger partial charge on any atom is 0.0794 e. The summed E-state index contributed by atoms with van der Waals surface area (Å²) in [6.07, 6.45) is 39.8. The third kappa shape index (κ3) is 15.6. The van der Waals surface area contributed by atoms with Crippen molar-refractivity contribution in [2.75, 3.05) is 0 Å². The third-order valence-corrected chi connectivity index (χ3v) is 16.3. The second-order valence-electron chi connectivity index (χ2n) is 22.0. The fourth-order valence-electron chi connectivity index (χ4n) is 11.8. The molecule has 0 spiro atoms. The summed E-state index contributed by atoms with van der Waals surface area (Å²) in [5.74, 6) is 0.844. The zero-order valence-corrected chi connectivity index (χ0v) is 45.7. The van der Waals surface area contributed by atoms with Crippen LogP contribution in [0.3, 0.4) is 0 Å². The van der Waals surface area contributed by atoms with E-state index in [4.69, 9.17) is 9.97 Å². The van der Waals surface area contributed by atoms with E-state index in [9.17, 15) is 0 Å². The molecule has 2 nitrogen and oxygen atoms in total. The standard InChI is InChI=1S/C71H90N2/c1-4-7-10-13-16-18-19-21-24-26-33-55(32-25-23-20-17-14-11-8-5-2)39-40-57-43-45-59(46-44-57)68-52-50-61-53-66(63-37-30-31-38-64(63)70(61)72-68)67-54-69(73-71-62-36-29-28-35-58(62)49-51-65(67)71)60-47-41-56(42-48-60)34-27-22-15-12-9-6-3/h28-31,35-38,41-55H,4-27,32-34,39-40H2,1-3H3. The number of unbranched alkanes of at least 4 members (excludes halogenated alkanes) is 21. The largest absolute Gasteiger partial charge is 0.247 e. The van der Waals surface area contributed by atoms with Crippen molar-refractivity contribution in [3.63, 3.8) is 0 Å². The van der Waals surface area contributed by atoms with Crippen LogP contribution in [0.2, 0.25) is 0 Å². The summed E-state index contributed by atoms with van der Waals surface area (Å²) >= 11 is 0. The van der Waals surface area contributed by atoms with Gasteiger partial charge in [-0.15, -0.1) is 0 Å². The predicted octanol–water partition coefficient (Wildman–Crippen LogP) is 22.4. The van der Waals surface area contributed by atoms with E-state index in [1.807, 2.05) is 0 Å². The Morgan fingerprint density at radius 3 is 1.38 bits per heavy atom. The van der Waals surface area contributed by atoms with E-state index in [-0.39, 0.29) is 0 Å². The van der Waals surface area contributed by atoms with Gasteiger partial charge in [0.1, 0.15) is 0 Å². The second kappa shape index (κ2) is 29.5. The van der Waals surface area contributed by atoms with Crippen molar-refractivity contribution in [1.82, 2.24) is 9.97 Å². The molecule has 0 saturated carbocycles. The summed E-state index contributed by atoms with van der Waals surface area (Å²) in [6, 6.07) is 50.1. The van der Waals surface area contributed by atoms with Crippen LogP contribution in [0.1, 0.15) is 205 Å². The predicted molar refractivity (Wildman–Crippen MR) is 321 cm³/mol. The van der Waals surface area contributed by atoms with Gasteiger partial charge in [0.15, 0.2) is 0 Å². The molecule has 384 valence electrons. The lowest BCUT2D eigenvalue weighted by atomic mass is 9.89. The first-order valence-corrected chi connectivity index (χ1v) is 30.0.